The Morgan fingerprint density at radius 1 is 1.28 bits per heavy atom. The molecule has 0 radical (unpaired) electrons. The van der Waals surface area contributed by atoms with Crippen LogP contribution in [0.4, 0.5) is 4.39 Å². The summed E-state index contributed by atoms with van der Waals surface area (Å²) in [5, 5.41) is 4.71. The van der Waals surface area contributed by atoms with Crippen molar-refractivity contribution >= 4 is 18.1 Å². The van der Waals surface area contributed by atoms with E-state index in [9.17, 15) is 9.18 Å². The zero-order valence-corrected chi connectivity index (χ0v) is 16.8. The van der Waals surface area contributed by atoms with E-state index >= 15 is 0 Å². The lowest BCUT2D eigenvalue weighted by atomic mass is 10.2. The zero-order chi connectivity index (χ0) is 20.4. The van der Waals surface area contributed by atoms with Gasteiger partial charge in [-0.25, -0.2) is 9.07 Å². The fraction of sp³-hybridized carbons (Fsp3) is 0.526. The minimum Gasteiger partial charge on any atom is -0.376 e. The average molecular weight is 421 g/mol. The normalized spacial score (nSPS) is 22.8. The molecule has 2 aliphatic rings. The number of ether oxygens (including phenoxy) is 2. The molecule has 29 heavy (non-hydrogen) atoms. The molecule has 2 saturated heterocycles. The van der Waals surface area contributed by atoms with Crippen molar-refractivity contribution in [2.75, 3.05) is 26.3 Å². The molecule has 2 fully saturated rings. The molecule has 1 aromatic carbocycles. The number of hydrogen-bond acceptors (Lipinski definition) is 6. The number of halogens is 1. The van der Waals surface area contributed by atoms with Crippen LogP contribution in [0.15, 0.2) is 24.3 Å². The van der Waals surface area contributed by atoms with E-state index < -0.39 is 12.0 Å². The van der Waals surface area contributed by atoms with E-state index in [-0.39, 0.29) is 11.9 Å². The van der Waals surface area contributed by atoms with Crippen molar-refractivity contribution in [1.82, 2.24) is 19.2 Å². The van der Waals surface area contributed by atoms with Crippen molar-refractivity contribution in [2.24, 2.45) is 5.73 Å². The third-order valence-electron chi connectivity index (χ3n) is 5.24. The first-order valence-corrected chi connectivity index (χ1v) is 10.1. The predicted octanol–water partition coefficient (Wildman–Crippen LogP) is 1.54. The number of hydrogen-bond donors (Lipinski definition) is 1. The summed E-state index contributed by atoms with van der Waals surface area (Å²) in [6.07, 6.45) is 1.45. The maximum absolute atomic E-state index is 13.4. The molecule has 3 heterocycles. The Morgan fingerprint density at radius 3 is 2.76 bits per heavy atom. The molecule has 1 amide bonds. The van der Waals surface area contributed by atoms with Crippen LogP contribution in [0, 0.1) is 10.6 Å². The number of rotatable bonds is 6. The van der Waals surface area contributed by atoms with Gasteiger partial charge in [-0.15, -0.1) is 0 Å². The molecule has 156 valence electrons. The van der Waals surface area contributed by atoms with Crippen molar-refractivity contribution < 1.29 is 18.7 Å². The van der Waals surface area contributed by atoms with Gasteiger partial charge in [-0.2, -0.15) is 5.10 Å². The van der Waals surface area contributed by atoms with Crippen molar-refractivity contribution in [1.29, 1.82) is 0 Å². The predicted molar refractivity (Wildman–Crippen MR) is 106 cm³/mol. The summed E-state index contributed by atoms with van der Waals surface area (Å²) in [6, 6.07) is 6.21. The number of carbonyl (C=O) groups is 1. The van der Waals surface area contributed by atoms with Crippen molar-refractivity contribution in [3.8, 4) is 11.4 Å². The van der Waals surface area contributed by atoms with Gasteiger partial charge in [0.1, 0.15) is 11.9 Å². The Hall–Kier alpha value is -2.14. The largest absolute Gasteiger partial charge is 0.376 e. The summed E-state index contributed by atoms with van der Waals surface area (Å²) in [7, 11) is 0. The van der Waals surface area contributed by atoms with E-state index in [2.05, 4.69) is 0 Å². The van der Waals surface area contributed by atoms with Gasteiger partial charge in [-0.1, -0.05) is 0 Å². The fourth-order valence-corrected chi connectivity index (χ4v) is 3.95. The monoisotopic (exact) mass is 421 g/mol. The first-order chi connectivity index (χ1) is 14.0. The van der Waals surface area contributed by atoms with Crippen molar-refractivity contribution in [2.45, 2.75) is 38.3 Å². The molecule has 10 heteroatoms. The first kappa shape index (κ1) is 20.1. The second-order valence-electron chi connectivity index (χ2n) is 7.34. The van der Waals surface area contributed by atoms with Crippen LogP contribution in [0.1, 0.15) is 12.8 Å². The van der Waals surface area contributed by atoms with Gasteiger partial charge in [0, 0.05) is 25.3 Å². The standard InChI is InChI=1S/C19H24FN5O3S/c20-14-5-3-13(4-6-14)18-22-25(12-23-7-9-28-16(11-23)17(21)26)19(29)24(18)10-15-2-1-8-27-15/h3-6,15-16H,1-2,7-12H2,(H2,21,26). The molecule has 8 nitrogen and oxygen atoms in total. The molecule has 2 aliphatic heterocycles. The van der Waals surface area contributed by atoms with Crippen LogP contribution < -0.4 is 5.73 Å². The third kappa shape index (κ3) is 4.55. The number of nitrogens with two attached hydrogens (primary N) is 1. The van der Waals surface area contributed by atoms with Gasteiger partial charge >= 0.3 is 0 Å². The maximum atomic E-state index is 13.4. The van der Waals surface area contributed by atoms with E-state index in [0.717, 1.165) is 25.0 Å². The summed E-state index contributed by atoms with van der Waals surface area (Å²) in [4.78, 5) is 13.5. The van der Waals surface area contributed by atoms with E-state index in [0.29, 0.717) is 43.5 Å². The zero-order valence-electron chi connectivity index (χ0n) is 16.0. The number of aromatic nitrogens is 3. The molecule has 0 saturated carbocycles. The number of benzene rings is 1. The molecule has 2 N–H and O–H groups in total. The lowest BCUT2D eigenvalue weighted by Crippen LogP contribution is -2.48. The minimum absolute atomic E-state index is 0.0844. The molecule has 2 aromatic rings. The lowest BCUT2D eigenvalue weighted by Gasteiger charge is -2.30. The summed E-state index contributed by atoms with van der Waals surface area (Å²) in [5.74, 6) is -0.109. The van der Waals surface area contributed by atoms with E-state index in [1.165, 1.54) is 12.1 Å². The van der Waals surface area contributed by atoms with Gasteiger partial charge < -0.3 is 15.2 Å². The van der Waals surface area contributed by atoms with Crippen LogP contribution >= 0.6 is 12.2 Å². The van der Waals surface area contributed by atoms with E-state index in [4.69, 9.17) is 32.5 Å². The van der Waals surface area contributed by atoms with Crippen LogP contribution in [0.2, 0.25) is 0 Å². The van der Waals surface area contributed by atoms with Crippen molar-refractivity contribution in [3.05, 3.63) is 34.9 Å². The molecular formula is C19H24FN5O3S. The maximum Gasteiger partial charge on any atom is 0.247 e. The van der Waals surface area contributed by atoms with Crippen LogP contribution in [0.25, 0.3) is 11.4 Å². The summed E-state index contributed by atoms with van der Waals surface area (Å²) >= 11 is 5.71. The third-order valence-corrected chi connectivity index (χ3v) is 5.67. The molecular weight excluding hydrogens is 397 g/mol. The lowest BCUT2D eigenvalue weighted by molar-refractivity contribution is -0.136. The summed E-state index contributed by atoms with van der Waals surface area (Å²) < 4.78 is 28.8. The molecule has 4 rings (SSSR count). The number of morpholine rings is 1. The topological polar surface area (TPSA) is 87.5 Å². The number of nitrogens with zero attached hydrogens (tertiary/aromatic N) is 4. The SMILES string of the molecule is NC(=O)C1CN(Cn2nc(-c3ccc(F)cc3)n(CC3CCCO3)c2=S)CCO1. The highest BCUT2D eigenvalue weighted by Crippen LogP contribution is 2.22. The second-order valence-corrected chi connectivity index (χ2v) is 7.70. The smallest absolute Gasteiger partial charge is 0.247 e. The van der Waals surface area contributed by atoms with Crippen molar-refractivity contribution in [3.63, 3.8) is 0 Å². The average Bonchev–Trinajstić information content (AvgIpc) is 3.33. The minimum atomic E-state index is -0.636. The van der Waals surface area contributed by atoms with Gasteiger partial charge in [0.15, 0.2) is 10.6 Å². The quantitative estimate of drug-likeness (QED) is 0.712. The van der Waals surface area contributed by atoms with Gasteiger partial charge in [0.25, 0.3) is 0 Å². The van der Waals surface area contributed by atoms with E-state index in [1.54, 1.807) is 16.8 Å². The Kier molecular flexibility index (Phi) is 6.04. The van der Waals surface area contributed by atoms with Crippen LogP contribution in [-0.4, -0.2) is 63.7 Å². The van der Waals surface area contributed by atoms with E-state index in [1.807, 2.05) is 9.47 Å². The van der Waals surface area contributed by atoms with Crippen LogP contribution in [0.3, 0.4) is 0 Å². The highest BCUT2D eigenvalue weighted by Gasteiger charge is 2.26. The summed E-state index contributed by atoms with van der Waals surface area (Å²) in [5.41, 5.74) is 6.16. The molecule has 0 aliphatic carbocycles. The Balaban J connectivity index is 1.62. The van der Waals surface area contributed by atoms with Gasteiger partial charge in [-0.3, -0.25) is 14.3 Å². The van der Waals surface area contributed by atoms with Gasteiger partial charge in [-0.05, 0) is 49.3 Å². The fourth-order valence-electron chi connectivity index (χ4n) is 3.69. The Bertz CT molecular complexity index is 923. The number of primary amides is 1. The molecule has 0 bridgehead atoms. The molecule has 2 unspecified atom stereocenters. The molecule has 1 aromatic heterocycles. The summed E-state index contributed by atoms with van der Waals surface area (Å²) in [6.45, 7) is 3.22. The first-order valence-electron chi connectivity index (χ1n) is 9.70. The highest BCUT2D eigenvalue weighted by atomic mass is 32.1. The Morgan fingerprint density at radius 2 is 2.07 bits per heavy atom. The second kappa shape index (κ2) is 8.70. The number of amides is 1. The molecule has 0 spiro atoms. The highest BCUT2D eigenvalue weighted by molar-refractivity contribution is 7.71. The van der Waals surface area contributed by atoms with Crippen LogP contribution in [0.5, 0.6) is 0 Å². The molecule has 2 atom stereocenters. The Labute approximate surface area is 173 Å². The van der Waals surface area contributed by atoms with Gasteiger partial charge in [0.2, 0.25) is 5.91 Å². The number of carbonyl (C=O) groups excluding carboxylic acids is 1. The van der Waals surface area contributed by atoms with Gasteiger partial charge in [0.05, 0.1) is 25.9 Å². The van der Waals surface area contributed by atoms with Crippen LogP contribution in [-0.2, 0) is 27.5 Å².